The van der Waals surface area contributed by atoms with Gasteiger partial charge in [0.15, 0.2) is 0 Å². The number of allylic oxidation sites excluding steroid dienone is 2. The standard InChI is InChI=1S/C30H30N4O4S/c1-4-20-9-6-7-10-24(20)34-26(35)18-39-30-23(17-31)28(25-11-8-16-38-25)27(19(3)32-30)29(36)33-21-12-14-22(15-13-21)37-5-2/h6-16,28,32H,4-5,18H2,1-3H3,(H,33,36)(H,34,35)/t28-/m0/s1. The lowest BCUT2D eigenvalue weighted by Gasteiger charge is -2.28. The molecule has 0 saturated heterocycles. The third kappa shape index (κ3) is 6.54. The van der Waals surface area contributed by atoms with Crippen LogP contribution in [0.2, 0.25) is 0 Å². The van der Waals surface area contributed by atoms with Crippen molar-refractivity contribution in [1.82, 2.24) is 5.32 Å². The van der Waals surface area contributed by atoms with Crippen LogP contribution >= 0.6 is 11.8 Å². The molecule has 0 radical (unpaired) electrons. The van der Waals surface area contributed by atoms with E-state index in [1.165, 1.54) is 18.0 Å². The highest BCUT2D eigenvalue weighted by Gasteiger charge is 2.36. The van der Waals surface area contributed by atoms with Crippen molar-refractivity contribution in [2.24, 2.45) is 0 Å². The number of hydrogen-bond donors (Lipinski definition) is 3. The first-order valence-corrected chi connectivity index (χ1v) is 13.6. The van der Waals surface area contributed by atoms with Gasteiger partial charge in [0, 0.05) is 17.1 Å². The lowest BCUT2D eigenvalue weighted by Crippen LogP contribution is -2.31. The summed E-state index contributed by atoms with van der Waals surface area (Å²) >= 11 is 1.21. The average Bonchev–Trinajstić information content (AvgIpc) is 3.47. The first kappa shape index (κ1) is 27.6. The predicted molar refractivity (Wildman–Crippen MR) is 153 cm³/mol. The molecular weight excluding hydrogens is 512 g/mol. The molecule has 2 amide bonds. The van der Waals surface area contributed by atoms with E-state index >= 15 is 0 Å². The molecule has 0 unspecified atom stereocenters. The molecule has 8 nitrogen and oxygen atoms in total. The molecule has 9 heteroatoms. The van der Waals surface area contributed by atoms with E-state index in [9.17, 15) is 14.9 Å². The Kier molecular flexibility index (Phi) is 9.13. The van der Waals surface area contributed by atoms with E-state index in [1.54, 1.807) is 43.3 Å². The molecule has 1 atom stereocenters. The Bertz CT molecular complexity index is 1440. The van der Waals surface area contributed by atoms with Crippen molar-refractivity contribution in [3.8, 4) is 11.8 Å². The average molecular weight is 543 g/mol. The molecule has 0 aliphatic carbocycles. The number of anilines is 2. The Morgan fingerprint density at radius 1 is 1.08 bits per heavy atom. The summed E-state index contributed by atoms with van der Waals surface area (Å²) in [4.78, 5) is 26.3. The van der Waals surface area contributed by atoms with Crippen LogP contribution in [0.25, 0.3) is 0 Å². The van der Waals surface area contributed by atoms with Crippen LogP contribution in [0.3, 0.4) is 0 Å². The molecule has 0 fully saturated rings. The SMILES string of the molecule is CCOc1ccc(NC(=O)C2=C(C)NC(SCC(=O)Nc3ccccc3CC)=C(C#N)[C@H]2c2ccco2)cc1. The van der Waals surface area contributed by atoms with Crippen LogP contribution in [-0.4, -0.2) is 24.2 Å². The van der Waals surface area contributed by atoms with Gasteiger partial charge in [0.05, 0.1) is 46.8 Å². The van der Waals surface area contributed by atoms with Gasteiger partial charge in [0.2, 0.25) is 5.91 Å². The minimum absolute atomic E-state index is 0.0808. The van der Waals surface area contributed by atoms with Gasteiger partial charge >= 0.3 is 0 Å². The Balaban J connectivity index is 1.55. The fraction of sp³-hybridized carbons (Fsp3) is 0.233. The Morgan fingerprint density at radius 2 is 1.85 bits per heavy atom. The second-order valence-corrected chi connectivity index (χ2v) is 9.71. The fourth-order valence-electron chi connectivity index (χ4n) is 4.34. The molecule has 200 valence electrons. The summed E-state index contributed by atoms with van der Waals surface area (Å²) in [6.07, 6.45) is 2.31. The second-order valence-electron chi connectivity index (χ2n) is 8.73. The van der Waals surface area contributed by atoms with Gasteiger partial charge in [-0.25, -0.2) is 0 Å². The summed E-state index contributed by atoms with van der Waals surface area (Å²) in [6.45, 7) is 6.25. The number of carbonyl (C=O) groups excluding carboxylic acids is 2. The van der Waals surface area contributed by atoms with Crippen molar-refractivity contribution in [3.05, 3.63) is 100 Å². The van der Waals surface area contributed by atoms with Crippen LogP contribution in [0, 0.1) is 11.3 Å². The summed E-state index contributed by atoms with van der Waals surface area (Å²) in [5.74, 6) is -0.0440. The van der Waals surface area contributed by atoms with Crippen LogP contribution in [0.1, 0.15) is 38.0 Å². The number of furan rings is 1. The first-order chi connectivity index (χ1) is 18.9. The van der Waals surface area contributed by atoms with Crippen molar-refractivity contribution < 1.29 is 18.7 Å². The van der Waals surface area contributed by atoms with E-state index in [-0.39, 0.29) is 17.6 Å². The highest BCUT2D eigenvalue weighted by atomic mass is 32.2. The third-order valence-electron chi connectivity index (χ3n) is 6.16. The molecule has 4 rings (SSSR count). The quantitative estimate of drug-likeness (QED) is 0.290. The largest absolute Gasteiger partial charge is 0.494 e. The van der Waals surface area contributed by atoms with Gasteiger partial charge in [-0.1, -0.05) is 36.9 Å². The number of hydrogen-bond acceptors (Lipinski definition) is 7. The van der Waals surface area contributed by atoms with Crippen LogP contribution in [0.4, 0.5) is 11.4 Å². The van der Waals surface area contributed by atoms with Crippen molar-refractivity contribution in [3.63, 3.8) is 0 Å². The number of ether oxygens (including phenoxy) is 1. The van der Waals surface area contributed by atoms with Crippen molar-refractivity contribution in [2.45, 2.75) is 33.1 Å². The van der Waals surface area contributed by atoms with Crippen LogP contribution in [-0.2, 0) is 16.0 Å². The lowest BCUT2D eigenvalue weighted by molar-refractivity contribution is -0.114. The number of rotatable bonds is 10. The first-order valence-electron chi connectivity index (χ1n) is 12.6. The molecule has 2 aromatic carbocycles. The molecule has 1 aliphatic heterocycles. The van der Waals surface area contributed by atoms with Gasteiger partial charge in [-0.05, 0) is 68.3 Å². The second kappa shape index (κ2) is 12.9. The zero-order valence-electron chi connectivity index (χ0n) is 22.0. The molecule has 39 heavy (non-hydrogen) atoms. The van der Waals surface area contributed by atoms with E-state index in [0.717, 1.165) is 17.7 Å². The Morgan fingerprint density at radius 3 is 2.51 bits per heavy atom. The monoisotopic (exact) mass is 542 g/mol. The number of nitrogens with one attached hydrogen (secondary N) is 3. The van der Waals surface area contributed by atoms with Crippen LogP contribution in [0.15, 0.2) is 93.2 Å². The van der Waals surface area contributed by atoms with Gasteiger partial charge in [-0.3, -0.25) is 9.59 Å². The molecule has 0 spiro atoms. The topological polar surface area (TPSA) is 116 Å². The predicted octanol–water partition coefficient (Wildman–Crippen LogP) is 5.95. The van der Waals surface area contributed by atoms with Crippen molar-refractivity contribution in [1.29, 1.82) is 5.26 Å². The number of benzene rings is 2. The van der Waals surface area contributed by atoms with E-state index in [1.807, 2.05) is 38.1 Å². The molecular formula is C30H30N4O4S. The van der Waals surface area contributed by atoms with Gasteiger partial charge in [0.1, 0.15) is 11.5 Å². The molecule has 3 N–H and O–H groups in total. The zero-order chi connectivity index (χ0) is 27.8. The van der Waals surface area contributed by atoms with Crippen LogP contribution in [0.5, 0.6) is 5.75 Å². The maximum atomic E-state index is 13.5. The summed E-state index contributed by atoms with van der Waals surface area (Å²) in [7, 11) is 0. The van der Waals surface area contributed by atoms with E-state index in [2.05, 4.69) is 22.0 Å². The summed E-state index contributed by atoms with van der Waals surface area (Å²) in [5, 5.41) is 19.8. The maximum Gasteiger partial charge on any atom is 0.254 e. The van der Waals surface area contributed by atoms with Crippen LogP contribution < -0.4 is 20.7 Å². The number of carbonyl (C=O) groups is 2. The number of dihydropyridines is 1. The van der Waals surface area contributed by atoms with Gasteiger partial charge in [-0.2, -0.15) is 5.26 Å². The smallest absolute Gasteiger partial charge is 0.254 e. The highest BCUT2D eigenvalue weighted by Crippen LogP contribution is 2.41. The number of nitrogens with zero attached hydrogens (tertiary/aromatic N) is 1. The number of thioether (sulfide) groups is 1. The van der Waals surface area contributed by atoms with Gasteiger partial charge in [-0.15, -0.1) is 0 Å². The fourth-order valence-corrected chi connectivity index (χ4v) is 5.23. The third-order valence-corrected chi connectivity index (χ3v) is 7.18. The molecule has 1 aromatic heterocycles. The molecule has 2 heterocycles. The maximum absolute atomic E-state index is 13.5. The van der Waals surface area contributed by atoms with E-state index < -0.39 is 5.92 Å². The molecule has 3 aromatic rings. The Labute approximate surface area is 232 Å². The van der Waals surface area contributed by atoms with E-state index in [4.69, 9.17) is 9.15 Å². The number of nitriles is 1. The summed E-state index contributed by atoms with van der Waals surface area (Å²) < 4.78 is 11.1. The summed E-state index contributed by atoms with van der Waals surface area (Å²) in [6, 6.07) is 20.4. The minimum atomic E-state index is -0.736. The van der Waals surface area contributed by atoms with Gasteiger partial charge in [0.25, 0.3) is 5.91 Å². The molecule has 1 aliphatic rings. The molecule has 0 bridgehead atoms. The van der Waals surface area contributed by atoms with Gasteiger partial charge < -0.3 is 25.1 Å². The summed E-state index contributed by atoms with van der Waals surface area (Å²) in [5.41, 5.74) is 3.64. The van der Waals surface area contributed by atoms with Crippen molar-refractivity contribution in [2.75, 3.05) is 23.0 Å². The van der Waals surface area contributed by atoms with E-state index in [0.29, 0.717) is 45.7 Å². The number of aryl methyl sites for hydroxylation is 1. The number of amides is 2. The molecule has 0 saturated carbocycles. The number of para-hydroxylation sites is 1. The highest BCUT2D eigenvalue weighted by molar-refractivity contribution is 8.03. The Hall–Kier alpha value is -4.42. The zero-order valence-corrected chi connectivity index (χ0v) is 22.9. The van der Waals surface area contributed by atoms with Crippen molar-refractivity contribution >= 4 is 35.0 Å². The lowest BCUT2D eigenvalue weighted by atomic mass is 9.85. The minimum Gasteiger partial charge on any atom is -0.494 e. The normalized spacial score (nSPS) is 14.9.